The Morgan fingerprint density at radius 3 is 2.26 bits per heavy atom. The Morgan fingerprint density at radius 2 is 1.63 bits per heavy atom. The summed E-state index contributed by atoms with van der Waals surface area (Å²) in [4.78, 5) is 22.6. The molecule has 0 spiro atoms. The fourth-order valence-electron chi connectivity index (χ4n) is 2.61. The van der Waals surface area contributed by atoms with Crippen molar-refractivity contribution in [3.63, 3.8) is 0 Å². The van der Waals surface area contributed by atoms with Crippen LogP contribution in [0.25, 0.3) is 17.1 Å². The zero-order valence-corrected chi connectivity index (χ0v) is 15.7. The SMILES string of the molecule is Cc1nc(NC(=O)c2nc(-c3ccccc3)n(-c3ccccc3)n2)sc1C. The second kappa shape index (κ2) is 7.13. The van der Waals surface area contributed by atoms with Crippen molar-refractivity contribution in [3.8, 4) is 17.1 Å². The smallest absolute Gasteiger partial charge is 0.295 e. The number of hydrogen-bond donors (Lipinski definition) is 1. The third kappa shape index (κ3) is 3.50. The molecular formula is C20H17N5OS. The number of thiazole rings is 1. The van der Waals surface area contributed by atoms with Gasteiger partial charge in [0.2, 0.25) is 5.82 Å². The number of amides is 1. The third-order valence-electron chi connectivity index (χ3n) is 4.09. The zero-order valence-electron chi connectivity index (χ0n) is 14.9. The van der Waals surface area contributed by atoms with Gasteiger partial charge in [-0.1, -0.05) is 48.5 Å². The van der Waals surface area contributed by atoms with Crippen molar-refractivity contribution in [2.24, 2.45) is 0 Å². The molecule has 0 saturated carbocycles. The number of aromatic nitrogens is 4. The lowest BCUT2D eigenvalue weighted by Gasteiger charge is -2.05. The molecule has 0 bridgehead atoms. The van der Waals surface area contributed by atoms with Gasteiger partial charge in [-0.05, 0) is 26.0 Å². The molecule has 7 heteroatoms. The number of nitrogens with zero attached hydrogens (tertiary/aromatic N) is 4. The molecule has 2 aromatic heterocycles. The molecule has 2 aromatic carbocycles. The number of carbonyl (C=O) groups excluding carboxylic acids is 1. The van der Waals surface area contributed by atoms with Gasteiger partial charge in [-0.15, -0.1) is 16.4 Å². The van der Waals surface area contributed by atoms with Crippen molar-refractivity contribution >= 4 is 22.4 Å². The molecule has 4 aromatic rings. The summed E-state index contributed by atoms with van der Waals surface area (Å²) >= 11 is 1.44. The molecule has 27 heavy (non-hydrogen) atoms. The molecule has 134 valence electrons. The molecule has 2 heterocycles. The molecule has 0 atom stereocenters. The molecule has 0 saturated heterocycles. The van der Waals surface area contributed by atoms with Gasteiger partial charge in [0.25, 0.3) is 5.91 Å². The number of rotatable bonds is 4. The molecule has 0 fully saturated rings. The van der Waals surface area contributed by atoms with Crippen LogP contribution in [0.15, 0.2) is 60.7 Å². The number of carbonyl (C=O) groups is 1. The van der Waals surface area contributed by atoms with Crippen molar-refractivity contribution in [2.75, 3.05) is 5.32 Å². The minimum Gasteiger partial charge on any atom is -0.295 e. The number of benzene rings is 2. The normalized spacial score (nSPS) is 10.7. The monoisotopic (exact) mass is 375 g/mol. The lowest BCUT2D eigenvalue weighted by molar-refractivity contribution is 0.101. The van der Waals surface area contributed by atoms with E-state index in [4.69, 9.17) is 0 Å². The minimum absolute atomic E-state index is 0.100. The largest absolute Gasteiger partial charge is 0.297 e. The van der Waals surface area contributed by atoms with Gasteiger partial charge in [0.1, 0.15) is 0 Å². The third-order valence-corrected chi connectivity index (χ3v) is 5.08. The zero-order chi connectivity index (χ0) is 18.8. The molecule has 6 nitrogen and oxygen atoms in total. The molecule has 0 aliphatic heterocycles. The van der Waals surface area contributed by atoms with Gasteiger partial charge in [0, 0.05) is 10.4 Å². The predicted octanol–water partition coefficient (Wildman–Crippen LogP) is 4.26. The van der Waals surface area contributed by atoms with Crippen molar-refractivity contribution in [1.82, 2.24) is 19.7 Å². The fourth-order valence-corrected chi connectivity index (χ4v) is 3.42. The van der Waals surface area contributed by atoms with Gasteiger partial charge in [-0.3, -0.25) is 10.1 Å². The summed E-state index contributed by atoms with van der Waals surface area (Å²) in [6.07, 6.45) is 0. The Morgan fingerprint density at radius 1 is 0.963 bits per heavy atom. The fraction of sp³-hybridized carbons (Fsp3) is 0.100. The van der Waals surface area contributed by atoms with Crippen LogP contribution >= 0.6 is 11.3 Å². The Hall–Kier alpha value is -3.32. The second-order valence-corrected chi connectivity index (χ2v) is 7.19. The Bertz CT molecular complexity index is 1010. The first-order valence-electron chi connectivity index (χ1n) is 8.45. The lowest BCUT2D eigenvalue weighted by Crippen LogP contribution is -2.14. The number of aryl methyl sites for hydroxylation is 2. The van der Waals surface area contributed by atoms with E-state index in [1.807, 2.05) is 74.5 Å². The van der Waals surface area contributed by atoms with Crippen molar-refractivity contribution in [1.29, 1.82) is 0 Å². The Kier molecular flexibility index (Phi) is 4.52. The van der Waals surface area contributed by atoms with E-state index < -0.39 is 0 Å². The maximum atomic E-state index is 12.7. The predicted molar refractivity (Wildman–Crippen MR) is 106 cm³/mol. The van der Waals surface area contributed by atoms with E-state index in [0.29, 0.717) is 11.0 Å². The lowest BCUT2D eigenvalue weighted by atomic mass is 10.2. The quantitative estimate of drug-likeness (QED) is 0.578. The van der Waals surface area contributed by atoms with E-state index >= 15 is 0 Å². The minimum atomic E-state index is -0.379. The second-order valence-electron chi connectivity index (χ2n) is 5.99. The van der Waals surface area contributed by atoms with Crippen LogP contribution in [0.4, 0.5) is 5.13 Å². The first kappa shape index (κ1) is 17.1. The number of anilines is 1. The van der Waals surface area contributed by atoms with E-state index in [1.165, 1.54) is 11.3 Å². The molecule has 0 unspecified atom stereocenters. The summed E-state index contributed by atoms with van der Waals surface area (Å²) in [6, 6.07) is 19.3. The van der Waals surface area contributed by atoms with Crippen molar-refractivity contribution in [2.45, 2.75) is 13.8 Å². The topological polar surface area (TPSA) is 72.7 Å². The highest BCUT2D eigenvalue weighted by atomic mass is 32.1. The maximum Gasteiger partial charge on any atom is 0.297 e. The van der Waals surface area contributed by atoms with Crippen LogP contribution in [0.3, 0.4) is 0 Å². The van der Waals surface area contributed by atoms with Crippen molar-refractivity contribution < 1.29 is 4.79 Å². The van der Waals surface area contributed by atoms with Gasteiger partial charge < -0.3 is 0 Å². The van der Waals surface area contributed by atoms with Gasteiger partial charge in [-0.2, -0.15) is 0 Å². The number of nitrogens with one attached hydrogen (secondary N) is 1. The Labute approximate surface area is 160 Å². The van der Waals surface area contributed by atoms with E-state index in [9.17, 15) is 4.79 Å². The molecule has 0 aliphatic carbocycles. The molecular weight excluding hydrogens is 358 g/mol. The molecule has 1 amide bonds. The number of para-hydroxylation sites is 1. The van der Waals surface area contributed by atoms with Crippen LogP contribution < -0.4 is 5.32 Å². The summed E-state index contributed by atoms with van der Waals surface area (Å²) in [6.45, 7) is 3.88. The number of hydrogen-bond acceptors (Lipinski definition) is 5. The molecule has 0 aliphatic rings. The summed E-state index contributed by atoms with van der Waals surface area (Å²) in [5.74, 6) is 0.331. The van der Waals surface area contributed by atoms with E-state index in [1.54, 1.807) is 4.68 Å². The first-order chi connectivity index (χ1) is 13.1. The maximum absolute atomic E-state index is 12.7. The Balaban J connectivity index is 1.73. The van der Waals surface area contributed by atoms with Crippen molar-refractivity contribution in [3.05, 3.63) is 77.1 Å². The average molecular weight is 375 g/mol. The first-order valence-corrected chi connectivity index (χ1v) is 9.27. The summed E-state index contributed by atoms with van der Waals surface area (Å²) < 4.78 is 1.68. The summed E-state index contributed by atoms with van der Waals surface area (Å²) in [7, 11) is 0. The molecule has 0 radical (unpaired) electrons. The van der Waals surface area contributed by atoms with E-state index in [2.05, 4.69) is 20.4 Å². The molecule has 1 N–H and O–H groups in total. The average Bonchev–Trinajstić information content (AvgIpc) is 3.27. The van der Waals surface area contributed by atoms with Crippen LogP contribution in [0.2, 0.25) is 0 Å². The highest BCUT2D eigenvalue weighted by Gasteiger charge is 2.19. The van der Waals surface area contributed by atoms with Crippen LogP contribution in [0.5, 0.6) is 0 Å². The summed E-state index contributed by atoms with van der Waals surface area (Å²) in [5, 5.41) is 7.79. The highest BCUT2D eigenvalue weighted by molar-refractivity contribution is 7.15. The summed E-state index contributed by atoms with van der Waals surface area (Å²) in [5.41, 5.74) is 2.63. The van der Waals surface area contributed by atoms with E-state index in [0.717, 1.165) is 21.8 Å². The van der Waals surface area contributed by atoms with Gasteiger partial charge in [0.15, 0.2) is 11.0 Å². The van der Waals surface area contributed by atoms with Crippen LogP contribution in [-0.2, 0) is 0 Å². The standard InChI is InChI=1S/C20H17N5OS/c1-13-14(2)27-20(21-13)23-19(26)17-22-18(15-9-5-3-6-10-15)25(24-17)16-11-7-4-8-12-16/h3-12H,1-2H3,(H,21,23,26). The van der Waals surface area contributed by atoms with Crippen LogP contribution in [0.1, 0.15) is 21.2 Å². The van der Waals surface area contributed by atoms with Crippen LogP contribution in [-0.4, -0.2) is 25.7 Å². The molecule has 4 rings (SSSR count). The van der Waals surface area contributed by atoms with Gasteiger partial charge in [-0.25, -0.2) is 14.6 Å². The highest BCUT2D eigenvalue weighted by Crippen LogP contribution is 2.23. The van der Waals surface area contributed by atoms with Gasteiger partial charge in [0.05, 0.1) is 11.4 Å². The van der Waals surface area contributed by atoms with Gasteiger partial charge >= 0.3 is 0 Å². The van der Waals surface area contributed by atoms with E-state index in [-0.39, 0.29) is 11.7 Å². The van der Waals surface area contributed by atoms with Crippen LogP contribution in [0, 0.1) is 13.8 Å².